The van der Waals surface area contributed by atoms with Gasteiger partial charge in [-0.25, -0.2) is 4.98 Å². The first-order valence-corrected chi connectivity index (χ1v) is 4.04. The largest absolute Gasteiger partial charge is 0.368 e. The lowest BCUT2D eigenvalue weighted by Gasteiger charge is -1.94. The summed E-state index contributed by atoms with van der Waals surface area (Å²) in [6.07, 6.45) is 0. The third-order valence-corrected chi connectivity index (χ3v) is 1.78. The molecule has 0 fully saturated rings. The molecule has 0 spiro atoms. The third kappa shape index (κ3) is 2.44. The number of anilines is 1. The van der Waals surface area contributed by atoms with Crippen molar-refractivity contribution in [3.8, 4) is 0 Å². The Balaban J connectivity index is 2.47. The van der Waals surface area contributed by atoms with E-state index in [0.29, 0.717) is 17.5 Å². The van der Waals surface area contributed by atoms with Gasteiger partial charge in [-0.05, 0) is 0 Å². The molecule has 0 radical (unpaired) electrons. The smallest absolute Gasteiger partial charge is 0.236 e. The zero-order valence-corrected chi connectivity index (χ0v) is 7.10. The second-order valence-corrected chi connectivity index (χ2v) is 2.79. The number of aromatic nitrogens is 2. The molecule has 5 N–H and O–H groups in total. The summed E-state index contributed by atoms with van der Waals surface area (Å²) >= 11 is 1.16. The average Bonchev–Trinajstić information content (AvgIpc) is 2.48. The molecule has 1 aromatic rings. The number of amides is 1. The van der Waals surface area contributed by atoms with E-state index < -0.39 is 5.91 Å². The van der Waals surface area contributed by atoms with Crippen LogP contribution >= 0.6 is 11.5 Å². The first kappa shape index (κ1) is 8.88. The molecule has 0 saturated heterocycles. The maximum absolute atomic E-state index is 10.3. The van der Waals surface area contributed by atoms with E-state index in [4.69, 9.17) is 11.5 Å². The second kappa shape index (κ2) is 3.98. The highest BCUT2D eigenvalue weighted by Crippen LogP contribution is 2.09. The van der Waals surface area contributed by atoms with Crippen molar-refractivity contribution < 1.29 is 4.79 Å². The van der Waals surface area contributed by atoms with Crippen molar-refractivity contribution in [3.05, 3.63) is 5.82 Å². The number of hydrogen-bond acceptors (Lipinski definition) is 6. The predicted molar refractivity (Wildman–Crippen MR) is 45.5 cm³/mol. The van der Waals surface area contributed by atoms with E-state index in [1.807, 2.05) is 0 Å². The molecular formula is C5H9N5OS. The van der Waals surface area contributed by atoms with E-state index in [1.54, 1.807) is 0 Å². The van der Waals surface area contributed by atoms with Crippen LogP contribution < -0.4 is 16.8 Å². The number of carbonyl (C=O) groups excluding carboxylic acids is 1. The lowest BCUT2D eigenvalue weighted by molar-refractivity contribution is -0.116. The Hall–Kier alpha value is -1.21. The van der Waals surface area contributed by atoms with Gasteiger partial charge in [0.05, 0.1) is 13.1 Å². The Morgan fingerprint density at radius 3 is 2.92 bits per heavy atom. The van der Waals surface area contributed by atoms with Gasteiger partial charge in [-0.15, -0.1) is 0 Å². The van der Waals surface area contributed by atoms with E-state index in [2.05, 4.69) is 14.7 Å². The topological polar surface area (TPSA) is 107 Å². The van der Waals surface area contributed by atoms with Crippen LogP contribution in [-0.2, 0) is 11.3 Å². The number of hydrogen-bond donors (Lipinski definition) is 3. The van der Waals surface area contributed by atoms with Crippen molar-refractivity contribution in [3.63, 3.8) is 0 Å². The maximum Gasteiger partial charge on any atom is 0.236 e. The Labute approximate surface area is 73.1 Å². The summed E-state index contributed by atoms with van der Waals surface area (Å²) in [5.74, 6) is 0.131. The molecule has 0 unspecified atom stereocenters. The van der Waals surface area contributed by atoms with Crippen LogP contribution in [0.5, 0.6) is 0 Å². The van der Waals surface area contributed by atoms with Crippen LogP contribution in [0, 0.1) is 0 Å². The molecule has 0 aliphatic carbocycles. The summed E-state index contributed by atoms with van der Waals surface area (Å²) in [5, 5.41) is 3.28. The average molecular weight is 187 g/mol. The molecule has 0 bridgehead atoms. The highest BCUT2D eigenvalue weighted by Gasteiger charge is 2.01. The van der Waals surface area contributed by atoms with Crippen LogP contribution in [0.25, 0.3) is 0 Å². The maximum atomic E-state index is 10.3. The minimum atomic E-state index is -0.431. The van der Waals surface area contributed by atoms with Gasteiger partial charge in [0, 0.05) is 11.5 Å². The monoisotopic (exact) mass is 187 g/mol. The Kier molecular flexibility index (Phi) is 2.94. The predicted octanol–water partition coefficient (Wildman–Crippen LogP) is -1.11. The van der Waals surface area contributed by atoms with Crippen LogP contribution in [0.1, 0.15) is 5.82 Å². The van der Waals surface area contributed by atoms with E-state index in [0.717, 1.165) is 11.5 Å². The number of nitrogens with zero attached hydrogens (tertiary/aromatic N) is 2. The van der Waals surface area contributed by atoms with Crippen molar-refractivity contribution in [1.82, 2.24) is 9.36 Å². The van der Waals surface area contributed by atoms with Gasteiger partial charge in [-0.1, -0.05) is 0 Å². The van der Waals surface area contributed by atoms with Gasteiger partial charge in [0.15, 0.2) is 5.82 Å². The third-order valence-electron chi connectivity index (χ3n) is 1.06. The molecule has 7 heteroatoms. The van der Waals surface area contributed by atoms with Crippen LogP contribution in [0.15, 0.2) is 0 Å². The van der Waals surface area contributed by atoms with Crippen molar-refractivity contribution in [2.45, 2.75) is 6.54 Å². The molecule has 1 amide bonds. The fraction of sp³-hybridized carbons (Fsp3) is 0.400. The lowest BCUT2D eigenvalue weighted by atomic mass is 10.6. The van der Waals surface area contributed by atoms with E-state index in [1.165, 1.54) is 0 Å². The van der Waals surface area contributed by atoms with E-state index in [9.17, 15) is 4.79 Å². The molecule has 0 saturated carbocycles. The Bertz CT molecular complexity index is 273. The molecule has 12 heavy (non-hydrogen) atoms. The van der Waals surface area contributed by atoms with Crippen LogP contribution in [-0.4, -0.2) is 21.8 Å². The Morgan fingerprint density at radius 1 is 1.67 bits per heavy atom. The minimum absolute atomic E-state index is 0.0687. The molecule has 0 aliphatic heterocycles. The molecule has 1 rings (SSSR count). The quantitative estimate of drug-likeness (QED) is 0.554. The zero-order valence-electron chi connectivity index (χ0n) is 6.28. The summed E-state index contributed by atoms with van der Waals surface area (Å²) < 4.78 is 3.90. The van der Waals surface area contributed by atoms with Gasteiger partial charge >= 0.3 is 0 Å². The van der Waals surface area contributed by atoms with Gasteiger partial charge in [0.1, 0.15) is 0 Å². The number of primary amides is 1. The normalized spacial score (nSPS) is 9.75. The number of nitrogens with one attached hydrogen (secondary N) is 1. The van der Waals surface area contributed by atoms with E-state index >= 15 is 0 Å². The van der Waals surface area contributed by atoms with Crippen molar-refractivity contribution in [1.29, 1.82) is 0 Å². The van der Waals surface area contributed by atoms with Gasteiger partial charge in [0.25, 0.3) is 0 Å². The summed E-state index contributed by atoms with van der Waals surface area (Å²) in [6.45, 7) is 0.369. The fourth-order valence-corrected chi connectivity index (χ4v) is 1.16. The molecule has 0 aliphatic rings. The molecule has 6 nitrogen and oxygen atoms in total. The summed E-state index contributed by atoms with van der Waals surface area (Å²) in [6, 6.07) is 0. The van der Waals surface area contributed by atoms with Crippen molar-refractivity contribution in [2.75, 3.05) is 11.9 Å². The molecule has 66 valence electrons. The van der Waals surface area contributed by atoms with Crippen LogP contribution in [0.2, 0.25) is 0 Å². The minimum Gasteiger partial charge on any atom is -0.368 e. The van der Waals surface area contributed by atoms with Crippen LogP contribution in [0.3, 0.4) is 0 Å². The molecule has 1 heterocycles. The van der Waals surface area contributed by atoms with Crippen molar-refractivity contribution in [2.24, 2.45) is 11.5 Å². The second-order valence-electron chi connectivity index (χ2n) is 2.04. The van der Waals surface area contributed by atoms with Crippen molar-refractivity contribution >= 4 is 22.6 Å². The molecule has 1 aromatic heterocycles. The van der Waals surface area contributed by atoms with Gasteiger partial charge in [0.2, 0.25) is 11.0 Å². The summed E-state index contributed by atoms with van der Waals surface area (Å²) in [5.41, 5.74) is 10.2. The van der Waals surface area contributed by atoms with Crippen LogP contribution in [0.4, 0.5) is 5.13 Å². The SMILES string of the molecule is NCc1nsc(NCC(N)=O)n1. The zero-order chi connectivity index (χ0) is 8.97. The summed E-state index contributed by atoms with van der Waals surface area (Å²) in [7, 11) is 0. The standard InChI is InChI=1S/C5H9N5OS/c6-1-4-9-5(12-10-4)8-2-3(7)11/h1-2,6H2,(H2,7,11)(H,8,9,10). The van der Waals surface area contributed by atoms with Gasteiger partial charge in [-0.2, -0.15) is 4.37 Å². The highest BCUT2D eigenvalue weighted by atomic mass is 32.1. The number of carbonyl (C=O) groups is 1. The first-order chi connectivity index (χ1) is 5.72. The van der Waals surface area contributed by atoms with Gasteiger partial charge in [-0.3, -0.25) is 4.79 Å². The number of rotatable bonds is 4. The summed E-state index contributed by atoms with van der Waals surface area (Å²) in [4.78, 5) is 14.3. The van der Waals surface area contributed by atoms with E-state index in [-0.39, 0.29) is 6.54 Å². The first-order valence-electron chi connectivity index (χ1n) is 3.27. The molecule has 0 atom stereocenters. The molecular weight excluding hydrogens is 178 g/mol. The fourth-order valence-electron chi connectivity index (χ4n) is 0.571. The molecule has 0 aromatic carbocycles. The Morgan fingerprint density at radius 2 is 2.42 bits per heavy atom. The lowest BCUT2D eigenvalue weighted by Crippen LogP contribution is -2.21. The number of nitrogens with two attached hydrogens (primary N) is 2. The van der Waals surface area contributed by atoms with Gasteiger partial charge < -0.3 is 16.8 Å². The highest BCUT2D eigenvalue weighted by molar-refractivity contribution is 7.09.